The third kappa shape index (κ3) is 6.43. The lowest BCUT2D eigenvalue weighted by Gasteiger charge is -2.35. The second-order valence-corrected chi connectivity index (χ2v) is 11.6. The smallest absolute Gasteiger partial charge is 0.407 e. The van der Waals surface area contributed by atoms with Crippen LogP contribution in [0.1, 0.15) is 62.0 Å². The normalized spacial score (nSPS) is 18.0. The van der Waals surface area contributed by atoms with Crippen molar-refractivity contribution in [1.29, 1.82) is 0 Å². The summed E-state index contributed by atoms with van der Waals surface area (Å²) in [5.41, 5.74) is 2.43. The van der Waals surface area contributed by atoms with E-state index in [0.29, 0.717) is 60.9 Å². The maximum Gasteiger partial charge on any atom is 0.407 e. The highest BCUT2D eigenvalue weighted by Crippen LogP contribution is 2.41. The number of carbonyl (C=O) groups excluding carboxylic acids is 3. The van der Waals surface area contributed by atoms with Crippen molar-refractivity contribution < 1.29 is 23.9 Å². The molecule has 3 amide bonds. The number of carbonyl (C=O) groups is 3. The highest BCUT2D eigenvalue weighted by Gasteiger charge is 2.37. The predicted octanol–water partition coefficient (Wildman–Crippen LogP) is 4.92. The summed E-state index contributed by atoms with van der Waals surface area (Å²) in [6.07, 6.45) is 5.87. The number of hydrogen-bond donors (Lipinski definition) is 3. The molecule has 10 heteroatoms. The number of ether oxygens (including phenoxy) is 2. The molecule has 1 atom stereocenters. The molecule has 42 heavy (non-hydrogen) atoms. The highest BCUT2D eigenvalue weighted by molar-refractivity contribution is 6.06. The van der Waals surface area contributed by atoms with Gasteiger partial charge in [0.1, 0.15) is 17.2 Å². The largest absolute Gasteiger partial charge is 0.497 e. The van der Waals surface area contributed by atoms with E-state index in [-0.39, 0.29) is 11.8 Å². The quantitative estimate of drug-likeness (QED) is 0.328. The predicted molar refractivity (Wildman–Crippen MR) is 159 cm³/mol. The number of nitrogens with one attached hydrogen (secondary N) is 3. The summed E-state index contributed by atoms with van der Waals surface area (Å²) in [5.74, 6) is 0.639. The Balaban J connectivity index is 1.32. The average molecular weight is 570 g/mol. The van der Waals surface area contributed by atoms with Crippen LogP contribution in [-0.4, -0.2) is 46.6 Å². The fourth-order valence-corrected chi connectivity index (χ4v) is 4.94. The van der Waals surface area contributed by atoms with E-state index in [9.17, 15) is 14.4 Å². The first-order valence-corrected chi connectivity index (χ1v) is 14.0. The summed E-state index contributed by atoms with van der Waals surface area (Å²) in [6, 6.07) is 13.2. The molecule has 1 aliphatic heterocycles. The van der Waals surface area contributed by atoms with Gasteiger partial charge in [0, 0.05) is 35.8 Å². The van der Waals surface area contributed by atoms with Gasteiger partial charge in [-0.2, -0.15) is 0 Å². The van der Waals surface area contributed by atoms with E-state index in [1.165, 1.54) is 0 Å². The third-order valence-corrected chi connectivity index (χ3v) is 7.20. The summed E-state index contributed by atoms with van der Waals surface area (Å²) in [4.78, 5) is 46.1. The Morgan fingerprint density at radius 2 is 1.98 bits per heavy atom. The second-order valence-electron chi connectivity index (χ2n) is 11.6. The Morgan fingerprint density at radius 1 is 1.14 bits per heavy atom. The van der Waals surface area contributed by atoms with Crippen molar-refractivity contribution in [3.63, 3.8) is 0 Å². The molecular formula is C32H35N5O5. The maximum absolute atomic E-state index is 13.3. The number of aromatic nitrogens is 2. The Labute approximate surface area is 244 Å². The molecule has 0 fully saturated rings. The number of fused-ring (bicyclic) bond motifs is 2. The average Bonchev–Trinajstić information content (AvgIpc) is 3.32. The van der Waals surface area contributed by atoms with Crippen molar-refractivity contribution in [3.8, 4) is 0 Å². The van der Waals surface area contributed by atoms with Gasteiger partial charge >= 0.3 is 6.09 Å². The van der Waals surface area contributed by atoms with Crippen LogP contribution in [0, 0.1) is 0 Å². The van der Waals surface area contributed by atoms with Crippen molar-refractivity contribution in [1.82, 2.24) is 20.6 Å². The van der Waals surface area contributed by atoms with E-state index < -0.39 is 17.1 Å². The monoisotopic (exact) mass is 569 g/mol. The Bertz CT molecular complexity index is 1610. The van der Waals surface area contributed by atoms with E-state index >= 15 is 0 Å². The van der Waals surface area contributed by atoms with Gasteiger partial charge in [-0.05, 0) is 88.1 Å². The molecule has 0 spiro atoms. The van der Waals surface area contributed by atoms with Gasteiger partial charge in [0.2, 0.25) is 0 Å². The van der Waals surface area contributed by atoms with Gasteiger partial charge < -0.3 is 25.4 Å². The Kier molecular flexibility index (Phi) is 7.98. The molecule has 1 unspecified atom stereocenters. The highest BCUT2D eigenvalue weighted by atomic mass is 16.6. The van der Waals surface area contributed by atoms with E-state index in [2.05, 4.69) is 32.8 Å². The van der Waals surface area contributed by atoms with Crippen LogP contribution in [0.25, 0.3) is 11.0 Å². The fourth-order valence-electron chi connectivity index (χ4n) is 4.94. The van der Waals surface area contributed by atoms with Gasteiger partial charge in [-0.15, -0.1) is 0 Å². The number of rotatable bonds is 8. The zero-order chi connectivity index (χ0) is 29.9. The standard InChI is InChI=1S/C32H35N5O5/c1-31(2,3)42-30(40)34-15-6-16-41-25-18-21(28(38)37-26-11-8-20-7-5-14-33-27(20)36-26)12-13-32(25,4)23-9-10-24-22(17-23)19-35-29(24)39/h5,7-12,14,17-18H,6,13,15-16,19H2,1-4H3,(H,34,40)(H,35,39)(H,33,36,37,38). The van der Waals surface area contributed by atoms with Crippen LogP contribution in [0.15, 0.2) is 72.1 Å². The molecule has 10 nitrogen and oxygen atoms in total. The summed E-state index contributed by atoms with van der Waals surface area (Å²) in [5, 5.41) is 9.36. The lowest BCUT2D eigenvalue weighted by atomic mass is 9.73. The minimum atomic E-state index is -0.576. The Hall–Kier alpha value is -4.73. The molecule has 0 bridgehead atoms. The van der Waals surface area contributed by atoms with Crippen LogP contribution in [0.2, 0.25) is 0 Å². The van der Waals surface area contributed by atoms with Crippen LogP contribution >= 0.6 is 0 Å². The van der Waals surface area contributed by atoms with Gasteiger partial charge in [-0.25, -0.2) is 14.8 Å². The first-order valence-electron chi connectivity index (χ1n) is 14.0. The van der Waals surface area contributed by atoms with E-state index in [4.69, 9.17) is 9.47 Å². The second kappa shape index (κ2) is 11.6. The van der Waals surface area contributed by atoms with Gasteiger partial charge in [-0.3, -0.25) is 9.59 Å². The minimum Gasteiger partial charge on any atom is -0.497 e. The number of nitrogens with zero attached hydrogens (tertiary/aromatic N) is 2. The first kappa shape index (κ1) is 28.8. The summed E-state index contributed by atoms with van der Waals surface area (Å²) in [7, 11) is 0. The van der Waals surface area contributed by atoms with Crippen molar-refractivity contribution in [2.45, 2.75) is 58.1 Å². The lowest BCUT2D eigenvalue weighted by Crippen LogP contribution is -2.33. The first-order chi connectivity index (χ1) is 20.0. The third-order valence-electron chi connectivity index (χ3n) is 7.20. The van der Waals surface area contributed by atoms with E-state index in [1.54, 1.807) is 18.3 Å². The molecule has 2 aromatic heterocycles. The zero-order valence-corrected chi connectivity index (χ0v) is 24.2. The fraction of sp³-hybridized carbons (Fsp3) is 0.344. The molecule has 218 valence electrons. The van der Waals surface area contributed by atoms with Crippen LogP contribution < -0.4 is 16.0 Å². The number of pyridine rings is 2. The van der Waals surface area contributed by atoms with Crippen molar-refractivity contribution >= 4 is 34.8 Å². The molecule has 3 aromatic rings. The summed E-state index contributed by atoms with van der Waals surface area (Å²) < 4.78 is 11.6. The number of amides is 3. The number of alkyl carbamates (subject to hydrolysis) is 1. The summed E-state index contributed by atoms with van der Waals surface area (Å²) >= 11 is 0. The molecular weight excluding hydrogens is 534 g/mol. The SMILES string of the molecule is CC(C)(C)OC(=O)NCCCOC1=CC(C(=O)Nc2ccc3cccnc3n2)=CCC1(C)c1ccc2c(c1)CNC2=O. The molecule has 2 aliphatic rings. The molecule has 5 rings (SSSR count). The van der Waals surface area contributed by atoms with Gasteiger partial charge in [0.05, 0.1) is 12.0 Å². The lowest BCUT2D eigenvalue weighted by molar-refractivity contribution is -0.112. The Morgan fingerprint density at radius 3 is 2.79 bits per heavy atom. The maximum atomic E-state index is 13.3. The van der Waals surface area contributed by atoms with E-state index in [1.807, 2.05) is 63.2 Å². The number of allylic oxidation sites excluding steroid dienone is 2. The molecule has 0 saturated heterocycles. The van der Waals surface area contributed by atoms with Crippen LogP contribution in [0.4, 0.5) is 10.6 Å². The summed E-state index contributed by atoms with van der Waals surface area (Å²) in [6.45, 7) is 8.66. The molecule has 0 saturated carbocycles. The number of anilines is 1. The van der Waals surface area contributed by atoms with Crippen LogP contribution in [-0.2, 0) is 26.2 Å². The molecule has 3 N–H and O–H groups in total. The van der Waals surface area contributed by atoms with Gasteiger partial charge in [-0.1, -0.05) is 18.2 Å². The zero-order valence-electron chi connectivity index (χ0n) is 24.2. The van der Waals surface area contributed by atoms with Crippen molar-refractivity contribution in [2.24, 2.45) is 0 Å². The minimum absolute atomic E-state index is 0.0776. The number of hydrogen-bond acceptors (Lipinski definition) is 7. The molecule has 3 heterocycles. The van der Waals surface area contributed by atoms with E-state index in [0.717, 1.165) is 16.5 Å². The molecule has 1 aromatic carbocycles. The van der Waals surface area contributed by atoms with Crippen LogP contribution in [0.5, 0.6) is 0 Å². The van der Waals surface area contributed by atoms with Gasteiger partial charge in [0.25, 0.3) is 11.8 Å². The van der Waals surface area contributed by atoms with Crippen molar-refractivity contribution in [2.75, 3.05) is 18.5 Å². The number of benzene rings is 1. The van der Waals surface area contributed by atoms with Crippen LogP contribution in [0.3, 0.4) is 0 Å². The molecule has 1 aliphatic carbocycles. The molecule has 0 radical (unpaired) electrons. The topological polar surface area (TPSA) is 132 Å². The van der Waals surface area contributed by atoms with Crippen molar-refractivity contribution in [3.05, 3.63) is 88.8 Å². The van der Waals surface area contributed by atoms with Gasteiger partial charge in [0.15, 0.2) is 5.65 Å².